The number of hydrogen-bond donors (Lipinski definition) is 2. The molecule has 1 fully saturated rings. The fraction of sp³-hybridized carbons (Fsp3) is 0.929. The summed E-state index contributed by atoms with van der Waals surface area (Å²) in [6, 6.07) is 0.533. The highest BCUT2D eigenvalue weighted by Gasteiger charge is 2.31. The van der Waals surface area contributed by atoms with Crippen LogP contribution in [0.2, 0.25) is 0 Å². The van der Waals surface area contributed by atoms with Crippen molar-refractivity contribution in [1.29, 1.82) is 0 Å². The van der Waals surface area contributed by atoms with Gasteiger partial charge in [0.25, 0.3) is 0 Å². The van der Waals surface area contributed by atoms with Crippen LogP contribution in [-0.2, 0) is 0 Å². The quantitative estimate of drug-likeness (QED) is 0.814. The summed E-state index contributed by atoms with van der Waals surface area (Å²) in [5, 5.41) is 13.0. The molecule has 4 heteroatoms. The van der Waals surface area contributed by atoms with Crippen molar-refractivity contribution in [2.75, 3.05) is 6.54 Å². The molecule has 3 atom stereocenters. The number of likely N-dealkylation sites (tertiary alicyclic amines) is 1. The Morgan fingerprint density at radius 1 is 1.39 bits per heavy atom. The zero-order valence-corrected chi connectivity index (χ0v) is 12.4. The fourth-order valence-corrected chi connectivity index (χ4v) is 2.37. The number of carbonyl (C=O) groups excluding carboxylic acids is 1. The molecule has 106 valence electrons. The predicted molar refractivity (Wildman–Crippen MR) is 73.5 cm³/mol. The van der Waals surface area contributed by atoms with Gasteiger partial charge in [0.2, 0.25) is 0 Å². The van der Waals surface area contributed by atoms with Crippen molar-refractivity contribution in [2.45, 2.75) is 71.6 Å². The molecular weight excluding hydrogens is 228 g/mol. The minimum absolute atomic E-state index is 0.0457. The Balaban J connectivity index is 2.54. The van der Waals surface area contributed by atoms with E-state index in [1.165, 1.54) is 6.42 Å². The number of aliphatic hydroxyl groups is 1. The lowest BCUT2D eigenvalue weighted by atomic mass is 9.92. The highest BCUT2D eigenvalue weighted by atomic mass is 16.3. The Morgan fingerprint density at radius 3 is 2.33 bits per heavy atom. The van der Waals surface area contributed by atoms with Gasteiger partial charge in [-0.3, -0.25) is 0 Å². The SMILES string of the molecule is CC1CCCC(C)N1C(=O)NCC(C)(O)C(C)C. The van der Waals surface area contributed by atoms with Gasteiger partial charge in [-0.1, -0.05) is 13.8 Å². The van der Waals surface area contributed by atoms with E-state index in [4.69, 9.17) is 0 Å². The summed E-state index contributed by atoms with van der Waals surface area (Å²) >= 11 is 0. The number of nitrogens with one attached hydrogen (secondary N) is 1. The van der Waals surface area contributed by atoms with Crippen molar-refractivity contribution in [3.63, 3.8) is 0 Å². The molecule has 0 spiro atoms. The summed E-state index contributed by atoms with van der Waals surface area (Å²) in [5.41, 5.74) is -0.849. The normalized spacial score (nSPS) is 28.1. The molecule has 0 aliphatic carbocycles. The molecule has 0 aromatic heterocycles. The molecule has 0 aromatic carbocycles. The van der Waals surface area contributed by atoms with Gasteiger partial charge in [0.15, 0.2) is 0 Å². The number of rotatable bonds is 3. The Kier molecular flexibility index (Phi) is 5.02. The molecule has 1 heterocycles. The molecule has 3 unspecified atom stereocenters. The largest absolute Gasteiger partial charge is 0.388 e. The Morgan fingerprint density at radius 2 is 1.89 bits per heavy atom. The summed E-state index contributed by atoms with van der Waals surface area (Å²) in [4.78, 5) is 14.1. The summed E-state index contributed by atoms with van der Waals surface area (Å²) in [6.07, 6.45) is 3.33. The third kappa shape index (κ3) is 3.61. The van der Waals surface area contributed by atoms with Gasteiger partial charge in [0.1, 0.15) is 0 Å². The molecular formula is C14H28N2O2. The van der Waals surface area contributed by atoms with Crippen LogP contribution >= 0.6 is 0 Å². The van der Waals surface area contributed by atoms with Gasteiger partial charge in [-0.15, -0.1) is 0 Å². The van der Waals surface area contributed by atoms with Crippen molar-refractivity contribution in [2.24, 2.45) is 5.92 Å². The second-order valence-electron chi connectivity index (χ2n) is 6.21. The first kappa shape index (κ1) is 15.3. The zero-order valence-electron chi connectivity index (χ0n) is 12.4. The molecule has 0 saturated carbocycles. The molecule has 0 radical (unpaired) electrons. The molecule has 18 heavy (non-hydrogen) atoms. The van der Waals surface area contributed by atoms with E-state index >= 15 is 0 Å². The molecule has 2 N–H and O–H groups in total. The number of nitrogens with zero attached hydrogens (tertiary/aromatic N) is 1. The van der Waals surface area contributed by atoms with E-state index in [-0.39, 0.29) is 24.0 Å². The summed E-state index contributed by atoms with van der Waals surface area (Å²) < 4.78 is 0. The van der Waals surface area contributed by atoms with Gasteiger partial charge in [0, 0.05) is 18.6 Å². The monoisotopic (exact) mass is 256 g/mol. The topological polar surface area (TPSA) is 52.6 Å². The molecule has 1 aliphatic heterocycles. The van der Waals surface area contributed by atoms with E-state index in [0.717, 1.165) is 12.8 Å². The molecule has 4 nitrogen and oxygen atoms in total. The molecule has 0 bridgehead atoms. The first-order chi connectivity index (χ1) is 8.25. The maximum absolute atomic E-state index is 12.2. The molecule has 0 aromatic rings. The number of hydrogen-bond acceptors (Lipinski definition) is 2. The predicted octanol–water partition coefficient (Wildman–Crippen LogP) is 2.37. The second kappa shape index (κ2) is 5.91. The van der Waals surface area contributed by atoms with Crippen LogP contribution in [0.1, 0.15) is 53.9 Å². The van der Waals surface area contributed by atoms with Crippen LogP contribution in [0.5, 0.6) is 0 Å². The number of urea groups is 1. The van der Waals surface area contributed by atoms with Crippen LogP contribution in [0.15, 0.2) is 0 Å². The zero-order chi connectivity index (χ0) is 13.9. The first-order valence-corrected chi connectivity index (χ1v) is 7.04. The van der Waals surface area contributed by atoms with Crippen molar-refractivity contribution < 1.29 is 9.90 Å². The minimum Gasteiger partial charge on any atom is -0.388 e. The van der Waals surface area contributed by atoms with Crippen molar-refractivity contribution in [3.8, 4) is 0 Å². The number of piperidine rings is 1. The van der Waals surface area contributed by atoms with Crippen molar-refractivity contribution in [3.05, 3.63) is 0 Å². The van der Waals surface area contributed by atoms with E-state index in [1.807, 2.05) is 18.7 Å². The van der Waals surface area contributed by atoms with Gasteiger partial charge >= 0.3 is 6.03 Å². The lowest BCUT2D eigenvalue weighted by molar-refractivity contribution is 0.0139. The van der Waals surface area contributed by atoms with Gasteiger partial charge in [-0.25, -0.2) is 4.79 Å². The number of carbonyl (C=O) groups is 1. The lowest BCUT2D eigenvalue weighted by Crippen LogP contribution is -2.54. The lowest BCUT2D eigenvalue weighted by Gasteiger charge is -2.39. The average Bonchev–Trinajstić information content (AvgIpc) is 2.26. The smallest absolute Gasteiger partial charge is 0.317 e. The van der Waals surface area contributed by atoms with Crippen LogP contribution in [0.25, 0.3) is 0 Å². The molecule has 1 aliphatic rings. The highest BCUT2D eigenvalue weighted by Crippen LogP contribution is 2.22. The van der Waals surface area contributed by atoms with Crippen molar-refractivity contribution >= 4 is 6.03 Å². The molecule has 1 rings (SSSR count). The van der Waals surface area contributed by atoms with Gasteiger partial charge in [0.05, 0.1) is 5.60 Å². The molecule has 2 amide bonds. The van der Waals surface area contributed by atoms with E-state index in [9.17, 15) is 9.90 Å². The standard InChI is InChI=1S/C14H28N2O2/c1-10(2)14(5,18)9-15-13(17)16-11(3)7-6-8-12(16)4/h10-12,18H,6-9H2,1-5H3,(H,15,17). The summed E-state index contributed by atoms with van der Waals surface area (Å²) in [7, 11) is 0. The van der Waals surface area contributed by atoms with Crippen LogP contribution in [-0.4, -0.2) is 40.3 Å². The van der Waals surface area contributed by atoms with Crippen LogP contribution in [0, 0.1) is 5.92 Å². The Labute approximate surface area is 111 Å². The third-order valence-corrected chi connectivity index (χ3v) is 4.27. The van der Waals surface area contributed by atoms with Crippen LogP contribution < -0.4 is 5.32 Å². The van der Waals surface area contributed by atoms with E-state index in [2.05, 4.69) is 19.2 Å². The summed E-state index contributed by atoms with van der Waals surface area (Å²) in [5.74, 6) is 0.119. The van der Waals surface area contributed by atoms with Gasteiger partial charge in [-0.2, -0.15) is 0 Å². The average molecular weight is 256 g/mol. The minimum atomic E-state index is -0.849. The second-order valence-corrected chi connectivity index (χ2v) is 6.21. The Hall–Kier alpha value is -0.770. The maximum atomic E-state index is 12.2. The van der Waals surface area contributed by atoms with E-state index in [1.54, 1.807) is 6.92 Å². The maximum Gasteiger partial charge on any atom is 0.317 e. The first-order valence-electron chi connectivity index (χ1n) is 7.04. The van der Waals surface area contributed by atoms with E-state index < -0.39 is 5.60 Å². The van der Waals surface area contributed by atoms with Crippen LogP contribution in [0.4, 0.5) is 4.79 Å². The molecule has 1 saturated heterocycles. The Bertz CT molecular complexity index is 280. The number of amides is 2. The van der Waals surface area contributed by atoms with Crippen LogP contribution in [0.3, 0.4) is 0 Å². The summed E-state index contributed by atoms with van der Waals surface area (Å²) in [6.45, 7) is 10.2. The fourth-order valence-electron chi connectivity index (χ4n) is 2.37. The van der Waals surface area contributed by atoms with Gasteiger partial charge in [-0.05, 0) is 46.0 Å². The van der Waals surface area contributed by atoms with E-state index in [0.29, 0.717) is 6.54 Å². The van der Waals surface area contributed by atoms with Crippen molar-refractivity contribution in [1.82, 2.24) is 10.2 Å². The highest BCUT2D eigenvalue weighted by molar-refractivity contribution is 5.75. The van der Waals surface area contributed by atoms with Gasteiger partial charge < -0.3 is 15.3 Å². The third-order valence-electron chi connectivity index (χ3n) is 4.27.